The summed E-state index contributed by atoms with van der Waals surface area (Å²) >= 11 is 4.59. The smallest absolute Gasteiger partial charge is 0.356 e. The van der Waals surface area contributed by atoms with Gasteiger partial charge in [0.1, 0.15) is 0 Å². The maximum Gasteiger partial charge on any atom is 0.356 e. The van der Waals surface area contributed by atoms with Crippen LogP contribution in [0.3, 0.4) is 0 Å². The molecule has 1 rings (SSSR count). The van der Waals surface area contributed by atoms with Crippen LogP contribution in [0.15, 0.2) is 30.3 Å². The van der Waals surface area contributed by atoms with Crippen LogP contribution in [0.2, 0.25) is 0 Å². The van der Waals surface area contributed by atoms with Gasteiger partial charge in [0.2, 0.25) is 0 Å². The Morgan fingerprint density at radius 2 is 2.07 bits per heavy atom. The maximum atomic E-state index is 11.3. The topological polar surface area (TPSA) is 64.3 Å². The minimum absolute atomic E-state index is 0.175. The van der Waals surface area contributed by atoms with E-state index in [1.54, 1.807) is 24.3 Å². The number of carbonyl (C=O) groups is 1. The van der Waals surface area contributed by atoms with Crippen LogP contribution in [0.5, 0.6) is 0 Å². The van der Waals surface area contributed by atoms with Crippen LogP contribution in [0, 0.1) is 0 Å². The lowest BCUT2D eigenvalue weighted by atomic mass is 10.2. The lowest BCUT2D eigenvalue weighted by molar-refractivity contribution is 0.0288. The molecule has 1 aromatic rings. The third-order valence-electron chi connectivity index (χ3n) is 1.42. The van der Waals surface area contributed by atoms with Crippen molar-refractivity contribution in [2.24, 2.45) is 5.73 Å². The predicted molar refractivity (Wildman–Crippen MR) is 56.6 cm³/mol. The zero-order valence-corrected chi connectivity index (χ0v) is 8.21. The van der Waals surface area contributed by atoms with Crippen molar-refractivity contribution >= 4 is 23.2 Å². The number of nitrogens with one attached hydrogen (secondary N) is 1. The molecule has 0 aromatic heterocycles. The quantitative estimate of drug-likeness (QED) is 0.564. The summed E-state index contributed by atoms with van der Waals surface area (Å²) in [5, 5.41) is 0. The highest BCUT2D eigenvalue weighted by atomic mass is 32.1. The van der Waals surface area contributed by atoms with Crippen LogP contribution in [0.1, 0.15) is 10.4 Å². The van der Waals surface area contributed by atoms with E-state index in [1.807, 2.05) is 6.07 Å². The van der Waals surface area contributed by atoms with Crippen LogP contribution in [-0.4, -0.2) is 17.5 Å². The van der Waals surface area contributed by atoms with Gasteiger partial charge in [0, 0.05) is 0 Å². The molecule has 5 heteroatoms. The van der Waals surface area contributed by atoms with Crippen molar-refractivity contribution in [1.29, 1.82) is 0 Å². The Morgan fingerprint density at radius 1 is 1.43 bits per heavy atom. The summed E-state index contributed by atoms with van der Waals surface area (Å²) in [5.74, 6) is -0.457. The van der Waals surface area contributed by atoms with Gasteiger partial charge in [0.15, 0.2) is 0 Å². The second kappa shape index (κ2) is 5.31. The molecule has 0 atom stereocenters. The minimum Gasteiger partial charge on any atom is -0.392 e. The van der Waals surface area contributed by atoms with Gasteiger partial charge < -0.3 is 10.6 Å². The Morgan fingerprint density at radius 3 is 2.64 bits per heavy atom. The summed E-state index contributed by atoms with van der Waals surface area (Å²) < 4.78 is 0. The lowest BCUT2D eigenvalue weighted by Crippen LogP contribution is -2.29. The minimum atomic E-state index is -0.457. The first-order valence-electron chi connectivity index (χ1n) is 3.97. The van der Waals surface area contributed by atoms with E-state index in [2.05, 4.69) is 22.5 Å². The Bertz CT molecular complexity index is 327. The Hall–Kier alpha value is -1.46. The summed E-state index contributed by atoms with van der Waals surface area (Å²) in [4.78, 5) is 16.2. The molecule has 0 bridgehead atoms. The van der Waals surface area contributed by atoms with Crippen LogP contribution < -0.4 is 11.2 Å². The van der Waals surface area contributed by atoms with Crippen molar-refractivity contribution in [3.63, 3.8) is 0 Å². The van der Waals surface area contributed by atoms with E-state index in [1.165, 1.54) is 0 Å². The van der Waals surface area contributed by atoms with Crippen molar-refractivity contribution in [2.75, 3.05) is 6.54 Å². The first-order valence-corrected chi connectivity index (χ1v) is 4.38. The van der Waals surface area contributed by atoms with Crippen LogP contribution in [-0.2, 0) is 4.84 Å². The zero-order chi connectivity index (χ0) is 10.4. The highest BCUT2D eigenvalue weighted by molar-refractivity contribution is 7.80. The molecule has 0 aliphatic rings. The van der Waals surface area contributed by atoms with Crippen molar-refractivity contribution in [3.05, 3.63) is 35.9 Å². The van der Waals surface area contributed by atoms with Crippen molar-refractivity contribution in [2.45, 2.75) is 0 Å². The number of benzene rings is 1. The Balaban J connectivity index is 2.40. The van der Waals surface area contributed by atoms with Gasteiger partial charge in [-0.15, -0.1) is 5.48 Å². The number of hydrogen-bond acceptors (Lipinski definition) is 4. The third-order valence-corrected chi connectivity index (χ3v) is 1.57. The van der Waals surface area contributed by atoms with E-state index >= 15 is 0 Å². The van der Waals surface area contributed by atoms with Crippen LogP contribution in [0.25, 0.3) is 0 Å². The molecule has 74 valence electrons. The number of thiocarbonyl (C=S) groups is 1. The van der Waals surface area contributed by atoms with Crippen molar-refractivity contribution in [3.8, 4) is 0 Å². The summed E-state index contributed by atoms with van der Waals surface area (Å²) in [7, 11) is 0. The number of carbonyl (C=O) groups excluding carboxylic acids is 1. The molecule has 0 spiro atoms. The normalized spacial score (nSPS) is 9.43. The molecular formula is C9H10N2O2S. The van der Waals surface area contributed by atoms with Gasteiger partial charge in [-0.2, -0.15) is 0 Å². The van der Waals surface area contributed by atoms with E-state index in [9.17, 15) is 4.79 Å². The Kier molecular flexibility index (Phi) is 4.03. The van der Waals surface area contributed by atoms with E-state index < -0.39 is 5.97 Å². The highest BCUT2D eigenvalue weighted by Crippen LogP contribution is 1.99. The lowest BCUT2D eigenvalue weighted by Gasteiger charge is -2.03. The van der Waals surface area contributed by atoms with E-state index in [0.717, 1.165) is 0 Å². The number of nitrogens with two attached hydrogens (primary N) is 1. The summed E-state index contributed by atoms with van der Waals surface area (Å²) in [6.45, 7) is 0.175. The Labute approximate surface area is 87.0 Å². The molecule has 0 unspecified atom stereocenters. The van der Waals surface area contributed by atoms with Crippen molar-refractivity contribution < 1.29 is 9.63 Å². The second-order valence-electron chi connectivity index (χ2n) is 2.54. The molecular weight excluding hydrogens is 200 g/mol. The van der Waals surface area contributed by atoms with E-state index in [0.29, 0.717) is 5.56 Å². The molecule has 0 aliphatic carbocycles. The molecule has 0 saturated heterocycles. The molecule has 3 N–H and O–H groups in total. The largest absolute Gasteiger partial charge is 0.392 e. The van der Waals surface area contributed by atoms with Gasteiger partial charge in [0.25, 0.3) is 0 Å². The standard InChI is InChI=1S/C9H10N2O2S/c10-8(14)6-11-13-9(12)7-4-2-1-3-5-7/h1-5,11H,6H2,(H2,10,14). The molecule has 4 nitrogen and oxygen atoms in total. The molecule has 0 aliphatic heterocycles. The average molecular weight is 210 g/mol. The van der Waals surface area contributed by atoms with E-state index in [4.69, 9.17) is 5.73 Å². The number of hydrogen-bond donors (Lipinski definition) is 2. The number of hydroxylamine groups is 1. The van der Waals surface area contributed by atoms with Gasteiger partial charge in [-0.05, 0) is 12.1 Å². The molecule has 0 radical (unpaired) electrons. The fraction of sp³-hybridized carbons (Fsp3) is 0.111. The zero-order valence-electron chi connectivity index (χ0n) is 7.40. The number of rotatable bonds is 4. The monoisotopic (exact) mass is 210 g/mol. The molecule has 0 saturated carbocycles. The summed E-state index contributed by atoms with van der Waals surface area (Å²) in [6, 6.07) is 8.64. The van der Waals surface area contributed by atoms with Gasteiger partial charge in [-0.3, -0.25) is 0 Å². The van der Waals surface area contributed by atoms with Crippen LogP contribution in [0.4, 0.5) is 0 Å². The molecule has 14 heavy (non-hydrogen) atoms. The SMILES string of the molecule is NC(=S)CNOC(=O)c1ccccc1. The fourth-order valence-corrected chi connectivity index (χ4v) is 0.865. The van der Waals surface area contributed by atoms with Gasteiger partial charge >= 0.3 is 5.97 Å². The van der Waals surface area contributed by atoms with Crippen LogP contribution >= 0.6 is 12.2 Å². The summed E-state index contributed by atoms with van der Waals surface area (Å²) in [6.07, 6.45) is 0. The first kappa shape index (κ1) is 10.6. The maximum absolute atomic E-state index is 11.3. The predicted octanol–water partition coefficient (Wildman–Crippen LogP) is 0.634. The average Bonchev–Trinajstić information content (AvgIpc) is 2.18. The fourth-order valence-electron chi connectivity index (χ4n) is 0.806. The van der Waals surface area contributed by atoms with Crippen molar-refractivity contribution in [1.82, 2.24) is 5.48 Å². The van der Waals surface area contributed by atoms with Gasteiger partial charge in [-0.25, -0.2) is 4.79 Å². The highest BCUT2D eigenvalue weighted by Gasteiger charge is 2.05. The molecule has 1 aromatic carbocycles. The molecule has 0 heterocycles. The van der Waals surface area contributed by atoms with E-state index in [-0.39, 0.29) is 11.5 Å². The first-order chi connectivity index (χ1) is 6.70. The molecule has 0 amide bonds. The second-order valence-corrected chi connectivity index (χ2v) is 3.07. The van der Waals surface area contributed by atoms with Gasteiger partial charge in [0.05, 0.1) is 17.1 Å². The summed E-state index contributed by atoms with van der Waals surface area (Å²) in [5.41, 5.74) is 8.04. The molecule has 0 fully saturated rings. The third kappa shape index (κ3) is 3.51. The van der Waals surface area contributed by atoms with Gasteiger partial charge in [-0.1, -0.05) is 30.4 Å².